The van der Waals surface area contributed by atoms with Crippen molar-refractivity contribution in [1.29, 1.82) is 0 Å². The van der Waals surface area contributed by atoms with E-state index in [0.717, 1.165) is 25.9 Å². The van der Waals surface area contributed by atoms with Gasteiger partial charge >= 0.3 is 0 Å². The van der Waals surface area contributed by atoms with Gasteiger partial charge in [-0.15, -0.1) is 0 Å². The van der Waals surface area contributed by atoms with Crippen molar-refractivity contribution < 1.29 is 0 Å². The number of piperidine rings is 1. The first-order chi connectivity index (χ1) is 5.57. The molecule has 1 heterocycles. The second-order valence-corrected chi connectivity index (χ2v) is 6.23. The zero-order valence-electron chi connectivity index (χ0n) is 7.45. The fourth-order valence-corrected chi connectivity index (χ4v) is 2.54. The molecule has 0 bridgehead atoms. The lowest BCUT2D eigenvalue weighted by molar-refractivity contribution is 0.253. The molecule has 3 nitrogen and oxygen atoms in total. The van der Waals surface area contributed by atoms with E-state index in [9.17, 15) is 0 Å². The molecule has 0 amide bonds. The van der Waals surface area contributed by atoms with Gasteiger partial charge in [-0.1, -0.05) is 9.64 Å². The number of hydrogen-bond donors (Lipinski definition) is 2. The van der Waals surface area contributed by atoms with Crippen LogP contribution in [0.2, 0.25) is 0 Å². The van der Waals surface area contributed by atoms with Crippen LogP contribution in [0.5, 0.6) is 0 Å². The van der Waals surface area contributed by atoms with Gasteiger partial charge in [0.05, 0.1) is 0 Å². The first-order valence-corrected chi connectivity index (χ1v) is 6.66. The summed E-state index contributed by atoms with van der Waals surface area (Å²) in [5, 5.41) is 0. The summed E-state index contributed by atoms with van der Waals surface area (Å²) in [6.45, 7) is 2.61. The van der Waals surface area contributed by atoms with Crippen LogP contribution in [0.3, 0.4) is 0 Å². The summed E-state index contributed by atoms with van der Waals surface area (Å²) in [5.74, 6) is 0. The maximum atomic E-state index is 6.04. The predicted molar refractivity (Wildman–Crippen MR) is 57.4 cm³/mol. The summed E-state index contributed by atoms with van der Waals surface area (Å²) < 4.78 is 2.30. The zero-order chi connectivity index (χ0) is 9.19. The fraction of sp³-hybridized carbons (Fsp3) is 1.00. The Morgan fingerprint density at radius 2 is 2.00 bits per heavy atom. The molecule has 1 saturated heterocycles. The predicted octanol–water partition coefficient (Wildman–Crippen LogP) is -0.637. The molecule has 5 heteroatoms. The van der Waals surface area contributed by atoms with Gasteiger partial charge in [-0.25, -0.2) is 4.31 Å². The summed E-state index contributed by atoms with van der Waals surface area (Å²) in [6, 6.07) is 0. The third kappa shape index (κ3) is 2.47. The second kappa shape index (κ2) is 4.11. The van der Waals surface area contributed by atoms with Crippen LogP contribution in [-0.4, -0.2) is 35.7 Å². The maximum Gasteiger partial charge on any atom is 0.0303 e. The van der Waals surface area contributed by atoms with E-state index in [-0.39, 0.29) is 15.2 Å². The van der Waals surface area contributed by atoms with Crippen molar-refractivity contribution >= 4 is 20.8 Å². The van der Waals surface area contributed by atoms with Crippen molar-refractivity contribution in [2.45, 2.75) is 18.4 Å². The highest BCUT2D eigenvalue weighted by Crippen LogP contribution is 2.18. The largest absolute Gasteiger partial charge is 0.329 e. The second-order valence-electron chi connectivity index (χ2n) is 3.42. The lowest BCUT2D eigenvalue weighted by atomic mass is 9.90. The van der Waals surface area contributed by atoms with E-state index in [1.54, 1.807) is 0 Å². The molecule has 1 fully saturated rings. The maximum absolute atomic E-state index is 6.04. The van der Waals surface area contributed by atoms with Crippen LogP contribution in [0, 0.1) is 0 Å². The van der Waals surface area contributed by atoms with Gasteiger partial charge in [0.1, 0.15) is 0 Å². The molecule has 12 heavy (non-hydrogen) atoms. The molecule has 0 radical (unpaired) electrons. The Bertz CT molecular complexity index is 175. The minimum absolute atomic E-state index is 0.0169. The molecule has 0 spiro atoms. The Morgan fingerprint density at radius 3 is 2.33 bits per heavy atom. The normalized spacial score (nSPS) is 26.9. The average molecular weight is 207 g/mol. The van der Waals surface area contributed by atoms with Crippen molar-refractivity contribution in [2.75, 3.05) is 25.9 Å². The first kappa shape index (κ1) is 10.5. The summed E-state index contributed by atoms with van der Waals surface area (Å²) in [4.78, 5) is 0. The van der Waals surface area contributed by atoms with Gasteiger partial charge < -0.3 is 11.5 Å². The molecule has 0 aromatic rings. The Kier molecular flexibility index (Phi) is 3.60. The highest BCUT2D eigenvalue weighted by atomic mass is 32.8. The molecule has 0 saturated carbocycles. The minimum Gasteiger partial charge on any atom is -0.329 e. The van der Waals surface area contributed by atoms with Crippen LogP contribution >= 0.6 is 0 Å². The molecular weight excluding hydrogens is 190 g/mol. The van der Waals surface area contributed by atoms with E-state index < -0.39 is 0 Å². The van der Waals surface area contributed by atoms with Crippen LogP contribution < -0.4 is 11.5 Å². The topological polar surface area (TPSA) is 55.3 Å². The van der Waals surface area contributed by atoms with E-state index in [1.807, 2.05) is 0 Å². The molecule has 72 valence electrons. The highest BCUT2D eigenvalue weighted by molar-refractivity contribution is 8.27. The quantitative estimate of drug-likeness (QED) is 0.633. The summed E-state index contributed by atoms with van der Waals surface area (Å²) in [5.41, 5.74) is 11.5. The van der Waals surface area contributed by atoms with Crippen LogP contribution in [0.15, 0.2) is 0 Å². The Morgan fingerprint density at radius 1 is 1.50 bits per heavy atom. The van der Waals surface area contributed by atoms with Crippen LogP contribution in [0.25, 0.3) is 0 Å². The van der Waals surface area contributed by atoms with E-state index in [0.29, 0.717) is 6.54 Å². The van der Waals surface area contributed by atoms with E-state index in [4.69, 9.17) is 22.7 Å². The van der Waals surface area contributed by atoms with E-state index in [2.05, 4.69) is 10.6 Å². The van der Waals surface area contributed by atoms with Crippen molar-refractivity contribution in [1.82, 2.24) is 4.31 Å². The molecule has 0 aliphatic carbocycles. The van der Waals surface area contributed by atoms with Crippen LogP contribution in [-0.2, 0) is 20.8 Å². The number of nitrogens with zero attached hydrogens (tertiary/aromatic N) is 1. The Hall–Kier alpha value is 0.450. The molecule has 1 unspecified atom stereocenters. The molecule has 0 aromatic heterocycles. The molecule has 1 atom stereocenters. The summed E-state index contributed by atoms with van der Waals surface area (Å²) in [7, 11) is -0.0169. The Labute approximate surface area is 81.2 Å². The standard InChI is InChI=1S/C7H17N3S2/c1-12(11)10-4-2-7(9,6-8)3-5-10/h2-6,8-9H2,1H3. The smallest absolute Gasteiger partial charge is 0.0303 e. The van der Waals surface area contributed by atoms with Gasteiger partial charge in [0, 0.05) is 31.4 Å². The lowest BCUT2D eigenvalue weighted by Gasteiger charge is -2.38. The average Bonchev–Trinajstić information content (AvgIpc) is 2.05. The van der Waals surface area contributed by atoms with Crippen LogP contribution in [0.4, 0.5) is 0 Å². The Balaban J connectivity index is 2.44. The monoisotopic (exact) mass is 207 g/mol. The van der Waals surface area contributed by atoms with Crippen molar-refractivity contribution in [3.05, 3.63) is 0 Å². The van der Waals surface area contributed by atoms with Gasteiger partial charge in [0.25, 0.3) is 0 Å². The highest BCUT2D eigenvalue weighted by Gasteiger charge is 2.29. The third-order valence-electron chi connectivity index (χ3n) is 2.49. The molecule has 4 N–H and O–H groups in total. The van der Waals surface area contributed by atoms with E-state index in [1.165, 1.54) is 0 Å². The molecular formula is C7H17N3S2. The number of nitrogens with two attached hydrogens (primary N) is 2. The lowest BCUT2D eigenvalue weighted by Crippen LogP contribution is -2.54. The molecule has 1 rings (SSSR count). The first-order valence-electron chi connectivity index (χ1n) is 4.15. The van der Waals surface area contributed by atoms with Gasteiger partial charge in [0.15, 0.2) is 0 Å². The number of rotatable bonds is 2. The SMILES string of the molecule is CS(=S)N1CCC(N)(CN)CC1. The fourth-order valence-electron chi connectivity index (χ4n) is 1.39. The van der Waals surface area contributed by atoms with Gasteiger partial charge in [-0.2, -0.15) is 0 Å². The van der Waals surface area contributed by atoms with Crippen molar-refractivity contribution in [3.8, 4) is 0 Å². The van der Waals surface area contributed by atoms with Crippen LogP contribution in [0.1, 0.15) is 12.8 Å². The molecule has 1 aliphatic rings. The van der Waals surface area contributed by atoms with Gasteiger partial charge in [-0.3, -0.25) is 0 Å². The molecule has 1 aliphatic heterocycles. The van der Waals surface area contributed by atoms with Crippen molar-refractivity contribution in [2.24, 2.45) is 11.5 Å². The van der Waals surface area contributed by atoms with Gasteiger partial charge in [0.2, 0.25) is 0 Å². The molecule has 0 aromatic carbocycles. The van der Waals surface area contributed by atoms with Crippen molar-refractivity contribution in [3.63, 3.8) is 0 Å². The van der Waals surface area contributed by atoms with Gasteiger partial charge in [-0.05, 0) is 24.0 Å². The zero-order valence-corrected chi connectivity index (χ0v) is 9.09. The number of hydrogen-bond acceptors (Lipinski definition) is 3. The van der Waals surface area contributed by atoms with E-state index >= 15 is 0 Å². The summed E-state index contributed by atoms with van der Waals surface area (Å²) >= 11 is 5.19. The third-order valence-corrected chi connectivity index (χ3v) is 4.21. The summed E-state index contributed by atoms with van der Waals surface area (Å²) in [6.07, 6.45) is 4.04. The minimum atomic E-state index is -0.120.